The summed E-state index contributed by atoms with van der Waals surface area (Å²) in [5.74, 6) is 1.94. The Morgan fingerprint density at radius 1 is 1.38 bits per heavy atom. The Morgan fingerprint density at radius 2 is 2.23 bits per heavy atom. The second-order valence-electron chi connectivity index (χ2n) is 6.89. The van der Waals surface area contributed by atoms with Crippen LogP contribution < -0.4 is 10.6 Å². The summed E-state index contributed by atoms with van der Waals surface area (Å²) in [5.41, 5.74) is 0. The average Bonchev–Trinajstić information content (AvgIpc) is 3.34. The van der Waals surface area contributed by atoms with Gasteiger partial charge in [-0.15, -0.1) is 21.5 Å². The lowest BCUT2D eigenvalue weighted by atomic mass is 9.96. The van der Waals surface area contributed by atoms with Crippen LogP contribution in [0.3, 0.4) is 0 Å². The summed E-state index contributed by atoms with van der Waals surface area (Å²) in [6.45, 7) is 5.81. The molecule has 1 saturated carbocycles. The molecule has 7 heteroatoms. The molecule has 0 saturated heterocycles. The molecule has 3 rings (SSSR count). The first-order chi connectivity index (χ1) is 12.8. The fraction of sp³-hybridized carbons (Fsp3) is 0.632. The number of hydrogen-bond donors (Lipinski definition) is 2. The van der Waals surface area contributed by atoms with Crippen molar-refractivity contribution in [2.75, 3.05) is 6.54 Å². The zero-order chi connectivity index (χ0) is 18.2. The first-order valence-electron chi connectivity index (χ1n) is 9.74. The van der Waals surface area contributed by atoms with Crippen LogP contribution in [0.15, 0.2) is 28.8 Å². The largest absolute Gasteiger partial charge is 0.354 e. The molecular weight excluding hydrogens is 344 g/mol. The fourth-order valence-electron chi connectivity index (χ4n) is 3.40. The maximum Gasteiger partial charge on any atom is 0.192 e. The van der Waals surface area contributed by atoms with Gasteiger partial charge in [-0.1, -0.05) is 32.3 Å². The molecule has 1 aliphatic rings. The summed E-state index contributed by atoms with van der Waals surface area (Å²) in [5, 5.41) is 17.5. The van der Waals surface area contributed by atoms with Gasteiger partial charge in [0.2, 0.25) is 0 Å². The highest BCUT2D eigenvalue weighted by Gasteiger charge is 2.16. The van der Waals surface area contributed by atoms with E-state index in [0.29, 0.717) is 12.6 Å². The molecule has 142 valence electrons. The zero-order valence-corrected chi connectivity index (χ0v) is 16.6. The standard InChI is InChI=1S/C19H30N6S/c1-3-18-24-21-14-25(18)12-11-20-19(23-16-8-5-4-6-9-16)22-15(2)17-10-7-13-26-17/h7,10,13-16H,3-6,8-9,11-12H2,1-2H3,(H2,20,22,23). The summed E-state index contributed by atoms with van der Waals surface area (Å²) in [6, 6.07) is 5.06. The number of aromatic nitrogens is 3. The van der Waals surface area contributed by atoms with Crippen LogP contribution in [-0.2, 0) is 13.0 Å². The highest BCUT2D eigenvalue weighted by atomic mass is 32.1. The third kappa shape index (κ3) is 5.30. The van der Waals surface area contributed by atoms with Gasteiger partial charge in [-0.2, -0.15) is 0 Å². The first-order valence-corrected chi connectivity index (χ1v) is 10.6. The predicted octanol–water partition coefficient (Wildman–Crippen LogP) is 3.53. The monoisotopic (exact) mass is 374 g/mol. The summed E-state index contributed by atoms with van der Waals surface area (Å²) in [7, 11) is 0. The van der Waals surface area contributed by atoms with Crippen molar-refractivity contribution < 1.29 is 0 Å². The van der Waals surface area contributed by atoms with Crippen molar-refractivity contribution in [3.8, 4) is 0 Å². The zero-order valence-electron chi connectivity index (χ0n) is 15.8. The van der Waals surface area contributed by atoms with Gasteiger partial charge in [0.15, 0.2) is 5.96 Å². The normalized spacial score (nSPS) is 17.2. The number of aliphatic imine (C=N–C) groups is 1. The number of nitrogens with zero attached hydrogens (tertiary/aromatic N) is 4. The van der Waals surface area contributed by atoms with Crippen LogP contribution in [0.1, 0.15) is 62.7 Å². The van der Waals surface area contributed by atoms with Crippen molar-refractivity contribution in [1.29, 1.82) is 0 Å². The van der Waals surface area contributed by atoms with Crippen molar-refractivity contribution in [3.05, 3.63) is 34.5 Å². The predicted molar refractivity (Wildman–Crippen MR) is 108 cm³/mol. The molecule has 0 amide bonds. The molecular formula is C19H30N6S. The molecule has 0 bridgehead atoms. The van der Waals surface area contributed by atoms with E-state index in [0.717, 1.165) is 24.7 Å². The highest BCUT2D eigenvalue weighted by Crippen LogP contribution is 2.19. The summed E-state index contributed by atoms with van der Waals surface area (Å²) >= 11 is 1.78. The van der Waals surface area contributed by atoms with Gasteiger partial charge in [0, 0.05) is 23.9 Å². The van der Waals surface area contributed by atoms with Gasteiger partial charge in [0.25, 0.3) is 0 Å². The van der Waals surface area contributed by atoms with E-state index >= 15 is 0 Å². The van der Waals surface area contributed by atoms with E-state index in [9.17, 15) is 0 Å². The SMILES string of the molecule is CCc1nncn1CCN=C(NC1CCCCC1)NC(C)c1cccs1. The number of hydrogen-bond acceptors (Lipinski definition) is 4. The van der Waals surface area contributed by atoms with Gasteiger partial charge in [-0.05, 0) is 31.2 Å². The highest BCUT2D eigenvalue weighted by molar-refractivity contribution is 7.10. The second kappa shape index (κ2) is 9.71. The van der Waals surface area contributed by atoms with Crippen LogP contribution in [0.2, 0.25) is 0 Å². The third-order valence-electron chi connectivity index (χ3n) is 4.89. The van der Waals surface area contributed by atoms with Crippen LogP contribution in [0.4, 0.5) is 0 Å². The van der Waals surface area contributed by atoms with Crippen LogP contribution in [0.5, 0.6) is 0 Å². The van der Waals surface area contributed by atoms with Crippen LogP contribution >= 0.6 is 11.3 Å². The first kappa shape index (κ1) is 18.9. The molecule has 1 unspecified atom stereocenters. The quantitative estimate of drug-likeness (QED) is 0.575. The maximum atomic E-state index is 4.84. The second-order valence-corrected chi connectivity index (χ2v) is 7.86. The Hall–Kier alpha value is -1.89. The molecule has 2 aromatic heterocycles. The molecule has 1 atom stereocenters. The van der Waals surface area contributed by atoms with E-state index in [1.54, 1.807) is 17.7 Å². The summed E-state index contributed by atoms with van der Waals surface area (Å²) in [6.07, 6.45) is 9.14. The lowest BCUT2D eigenvalue weighted by molar-refractivity contribution is 0.408. The van der Waals surface area contributed by atoms with Crippen molar-refractivity contribution >= 4 is 17.3 Å². The fourth-order valence-corrected chi connectivity index (χ4v) is 4.13. The van der Waals surface area contributed by atoms with Gasteiger partial charge < -0.3 is 15.2 Å². The smallest absolute Gasteiger partial charge is 0.192 e. The number of aryl methyl sites for hydroxylation is 1. The van der Waals surface area contributed by atoms with E-state index in [1.165, 1.54) is 37.0 Å². The molecule has 0 aliphatic heterocycles. The van der Waals surface area contributed by atoms with Gasteiger partial charge in [-0.3, -0.25) is 4.99 Å². The van der Waals surface area contributed by atoms with Gasteiger partial charge in [-0.25, -0.2) is 0 Å². The molecule has 2 aromatic rings. The number of thiophene rings is 1. The molecule has 0 spiro atoms. The van der Waals surface area contributed by atoms with E-state index < -0.39 is 0 Å². The molecule has 1 fully saturated rings. The third-order valence-corrected chi connectivity index (χ3v) is 5.95. The van der Waals surface area contributed by atoms with E-state index in [1.807, 2.05) is 0 Å². The van der Waals surface area contributed by atoms with Crippen LogP contribution in [-0.4, -0.2) is 33.3 Å². The van der Waals surface area contributed by atoms with Crippen molar-refractivity contribution in [1.82, 2.24) is 25.4 Å². The Bertz CT molecular complexity index is 672. The minimum Gasteiger partial charge on any atom is -0.354 e. The minimum atomic E-state index is 0.256. The van der Waals surface area contributed by atoms with Gasteiger partial charge in [0.1, 0.15) is 12.2 Å². The lowest BCUT2D eigenvalue weighted by Crippen LogP contribution is -2.45. The molecule has 2 heterocycles. The van der Waals surface area contributed by atoms with Gasteiger partial charge in [0.05, 0.1) is 12.6 Å². The van der Waals surface area contributed by atoms with Crippen molar-refractivity contribution in [3.63, 3.8) is 0 Å². The Balaban J connectivity index is 1.62. The molecule has 0 radical (unpaired) electrons. The van der Waals surface area contributed by atoms with E-state index in [-0.39, 0.29) is 6.04 Å². The van der Waals surface area contributed by atoms with Crippen molar-refractivity contribution in [2.24, 2.45) is 4.99 Å². The van der Waals surface area contributed by atoms with Crippen molar-refractivity contribution in [2.45, 2.75) is 71.0 Å². The minimum absolute atomic E-state index is 0.256. The summed E-state index contributed by atoms with van der Waals surface area (Å²) < 4.78 is 2.09. The Kier molecular flexibility index (Phi) is 7.05. The molecule has 0 aromatic carbocycles. The van der Waals surface area contributed by atoms with Crippen LogP contribution in [0, 0.1) is 0 Å². The Morgan fingerprint density at radius 3 is 2.96 bits per heavy atom. The Labute approximate surface area is 160 Å². The lowest BCUT2D eigenvalue weighted by Gasteiger charge is -2.26. The average molecular weight is 375 g/mol. The molecule has 1 aliphatic carbocycles. The van der Waals surface area contributed by atoms with Gasteiger partial charge >= 0.3 is 0 Å². The van der Waals surface area contributed by atoms with Crippen LogP contribution in [0.25, 0.3) is 0 Å². The molecule has 2 N–H and O–H groups in total. The topological polar surface area (TPSA) is 67.1 Å². The van der Waals surface area contributed by atoms with E-state index in [2.05, 4.69) is 56.8 Å². The molecule has 6 nitrogen and oxygen atoms in total. The van der Waals surface area contributed by atoms with E-state index in [4.69, 9.17) is 4.99 Å². The maximum absolute atomic E-state index is 4.84. The number of nitrogens with one attached hydrogen (secondary N) is 2. The molecule has 26 heavy (non-hydrogen) atoms. The summed E-state index contributed by atoms with van der Waals surface area (Å²) in [4.78, 5) is 6.17. The number of guanidine groups is 1. The number of rotatable bonds is 7.